The first-order valence-corrected chi connectivity index (χ1v) is 12.0. The lowest BCUT2D eigenvalue weighted by atomic mass is 10.1. The normalized spacial score (nSPS) is 17.3. The smallest absolute Gasteiger partial charge is 0.271 e. The summed E-state index contributed by atoms with van der Waals surface area (Å²) >= 11 is 7.82. The number of amidine groups is 1. The van der Waals surface area contributed by atoms with Gasteiger partial charge in [0.15, 0.2) is 16.7 Å². The van der Waals surface area contributed by atoms with E-state index >= 15 is 0 Å². The third-order valence-electron chi connectivity index (χ3n) is 5.48. The summed E-state index contributed by atoms with van der Waals surface area (Å²) in [5.74, 6) is 1.07. The zero-order valence-electron chi connectivity index (χ0n) is 19.3. The van der Waals surface area contributed by atoms with E-state index in [2.05, 4.69) is 12.1 Å². The number of hydrogen-bond acceptors (Lipinski definition) is 5. The van der Waals surface area contributed by atoms with Crippen LogP contribution in [0, 0.1) is 27.7 Å². The van der Waals surface area contributed by atoms with Gasteiger partial charge in [-0.25, -0.2) is 4.99 Å². The number of rotatable bonds is 3. The van der Waals surface area contributed by atoms with Gasteiger partial charge in [0.1, 0.15) is 0 Å². The van der Waals surface area contributed by atoms with Crippen LogP contribution in [-0.2, 0) is 4.79 Å². The average molecular weight is 491 g/mol. The summed E-state index contributed by atoms with van der Waals surface area (Å²) in [6, 6.07) is 15.7. The molecule has 3 aromatic rings. The van der Waals surface area contributed by atoms with E-state index in [9.17, 15) is 4.79 Å². The monoisotopic (exact) mass is 490 g/mol. The van der Waals surface area contributed by atoms with Crippen molar-refractivity contribution in [3.05, 3.63) is 86.3 Å². The molecule has 7 heteroatoms. The first-order valence-electron chi connectivity index (χ1n) is 10.9. The Morgan fingerprint density at radius 1 is 0.882 bits per heavy atom. The predicted molar refractivity (Wildman–Crippen MR) is 140 cm³/mol. The summed E-state index contributed by atoms with van der Waals surface area (Å²) in [6.07, 6.45) is 1.79. The van der Waals surface area contributed by atoms with Crippen LogP contribution in [0.2, 0.25) is 5.02 Å². The van der Waals surface area contributed by atoms with Crippen molar-refractivity contribution in [2.24, 2.45) is 4.99 Å². The number of aryl methyl sites for hydroxylation is 4. The lowest BCUT2D eigenvalue weighted by Crippen LogP contribution is -2.28. The highest BCUT2D eigenvalue weighted by molar-refractivity contribution is 8.19. The van der Waals surface area contributed by atoms with Crippen LogP contribution >= 0.6 is 23.4 Å². The molecule has 2 aliphatic rings. The number of nitrogens with zero attached hydrogens (tertiary/aromatic N) is 2. The molecule has 5 nitrogen and oxygen atoms in total. The maximum Gasteiger partial charge on any atom is 0.271 e. The van der Waals surface area contributed by atoms with E-state index < -0.39 is 0 Å². The van der Waals surface area contributed by atoms with E-state index in [0.717, 1.165) is 33.6 Å². The second kappa shape index (κ2) is 8.85. The first-order chi connectivity index (χ1) is 16.3. The molecular weight excluding hydrogens is 468 g/mol. The highest BCUT2D eigenvalue weighted by Crippen LogP contribution is 2.41. The fourth-order valence-corrected chi connectivity index (χ4v) is 5.37. The number of fused-ring (bicyclic) bond motifs is 1. The molecule has 0 bridgehead atoms. The number of hydrogen-bond donors (Lipinski definition) is 0. The molecule has 5 rings (SSSR count). The molecule has 0 atom stereocenters. The Kier molecular flexibility index (Phi) is 5.88. The van der Waals surface area contributed by atoms with E-state index in [1.807, 2.05) is 52.0 Å². The molecule has 3 aromatic carbocycles. The summed E-state index contributed by atoms with van der Waals surface area (Å²) in [4.78, 5) is 20.8. The van der Waals surface area contributed by atoms with Gasteiger partial charge in [-0.2, -0.15) is 0 Å². The predicted octanol–water partition coefficient (Wildman–Crippen LogP) is 7.11. The fourth-order valence-electron chi connectivity index (χ4n) is 4.17. The summed E-state index contributed by atoms with van der Waals surface area (Å²) in [5, 5.41) is 1.09. The molecule has 2 heterocycles. The molecule has 0 aliphatic carbocycles. The van der Waals surface area contributed by atoms with Crippen LogP contribution in [0.4, 0.5) is 11.4 Å². The van der Waals surface area contributed by atoms with Crippen molar-refractivity contribution in [3.63, 3.8) is 0 Å². The quantitative estimate of drug-likeness (QED) is 0.367. The minimum absolute atomic E-state index is 0.146. The van der Waals surface area contributed by atoms with Gasteiger partial charge >= 0.3 is 0 Å². The zero-order valence-corrected chi connectivity index (χ0v) is 20.9. The fraction of sp³-hybridized carbons (Fsp3) is 0.185. The first kappa shape index (κ1) is 22.6. The second-order valence-electron chi connectivity index (χ2n) is 8.56. The van der Waals surface area contributed by atoms with Crippen LogP contribution in [0.5, 0.6) is 11.5 Å². The topological polar surface area (TPSA) is 51.1 Å². The van der Waals surface area contributed by atoms with Crippen LogP contribution in [0.3, 0.4) is 0 Å². The van der Waals surface area contributed by atoms with Crippen LogP contribution in [0.15, 0.2) is 58.4 Å². The highest BCUT2D eigenvalue weighted by atomic mass is 35.5. The van der Waals surface area contributed by atoms with Crippen LogP contribution in [0.25, 0.3) is 6.08 Å². The minimum atomic E-state index is -0.146. The number of anilines is 1. The van der Waals surface area contributed by atoms with E-state index in [1.54, 1.807) is 23.1 Å². The van der Waals surface area contributed by atoms with Crippen molar-refractivity contribution < 1.29 is 14.3 Å². The van der Waals surface area contributed by atoms with Crippen molar-refractivity contribution in [1.29, 1.82) is 0 Å². The highest BCUT2D eigenvalue weighted by Gasteiger charge is 2.35. The number of ether oxygens (including phenoxy) is 2. The third kappa shape index (κ3) is 4.43. The Labute approximate surface area is 208 Å². The van der Waals surface area contributed by atoms with Gasteiger partial charge in [0.05, 0.1) is 21.3 Å². The molecule has 34 heavy (non-hydrogen) atoms. The van der Waals surface area contributed by atoms with Gasteiger partial charge in [-0.15, -0.1) is 0 Å². The zero-order chi connectivity index (χ0) is 24.0. The van der Waals surface area contributed by atoms with Gasteiger partial charge in [0.25, 0.3) is 5.91 Å². The summed E-state index contributed by atoms with van der Waals surface area (Å²) in [6.45, 7) is 8.28. The Morgan fingerprint density at radius 2 is 1.47 bits per heavy atom. The Hall–Kier alpha value is -3.22. The van der Waals surface area contributed by atoms with E-state index in [1.165, 1.54) is 11.8 Å². The molecule has 0 saturated carbocycles. The lowest BCUT2D eigenvalue weighted by molar-refractivity contribution is -0.113. The third-order valence-corrected chi connectivity index (χ3v) is 6.78. The van der Waals surface area contributed by atoms with Gasteiger partial charge in [-0.05, 0) is 104 Å². The molecule has 1 saturated heterocycles. The second-order valence-corrected chi connectivity index (χ2v) is 9.98. The molecule has 0 N–H and O–H groups in total. The number of halogens is 1. The average Bonchev–Trinajstić information content (AvgIpc) is 3.30. The number of thioether (sulfide) groups is 1. The van der Waals surface area contributed by atoms with E-state index in [4.69, 9.17) is 26.1 Å². The summed E-state index contributed by atoms with van der Waals surface area (Å²) in [5.41, 5.74) is 6.69. The van der Waals surface area contributed by atoms with Crippen LogP contribution in [-0.4, -0.2) is 17.9 Å². The molecule has 2 aliphatic heterocycles. The van der Waals surface area contributed by atoms with Crippen molar-refractivity contribution in [2.75, 3.05) is 11.7 Å². The maximum absolute atomic E-state index is 13.7. The van der Waals surface area contributed by atoms with Gasteiger partial charge in [0.2, 0.25) is 6.79 Å². The van der Waals surface area contributed by atoms with Crippen LogP contribution < -0.4 is 14.4 Å². The molecule has 1 fully saturated rings. The largest absolute Gasteiger partial charge is 0.454 e. The van der Waals surface area contributed by atoms with Crippen molar-refractivity contribution >= 4 is 51.9 Å². The number of carbonyl (C=O) groups is 1. The van der Waals surface area contributed by atoms with Gasteiger partial charge in [-0.1, -0.05) is 23.7 Å². The molecule has 0 radical (unpaired) electrons. The Bertz CT molecular complexity index is 1360. The van der Waals surface area contributed by atoms with Gasteiger partial charge < -0.3 is 9.47 Å². The number of amides is 1. The molecule has 0 aromatic heterocycles. The van der Waals surface area contributed by atoms with Crippen molar-refractivity contribution in [3.8, 4) is 11.5 Å². The number of aliphatic imine (C=N–C) groups is 1. The molecule has 0 unspecified atom stereocenters. The lowest BCUT2D eigenvalue weighted by Gasteiger charge is -2.17. The molecule has 0 spiro atoms. The minimum Gasteiger partial charge on any atom is -0.454 e. The number of carbonyl (C=O) groups excluding carboxylic acids is 1. The standard InChI is InChI=1S/C27H23ClN2O3S/c1-15-5-16(2)8-20(7-15)29-27-30(21-9-17(3)6-18(4)10-21)26(31)25(34-27)12-19-11-23-24(13-22(19)28)33-14-32-23/h5-13H,14H2,1-4H3/b25-12-,29-27?. The Balaban J connectivity index is 1.61. The van der Waals surface area contributed by atoms with E-state index in [0.29, 0.717) is 32.2 Å². The Morgan fingerprint density at radius 3 is 2.12 bits per heavy atom. The van der Waals surface area contributed by atoms with Crippen molar-refractivity contribution in [1.82, 2.24) is 0 Å². The van der Waals surface area contributed by atoms with Crippen molar-refractivity contribution in [2.45, 2.75) is 27.7 Å². The summed E-state index contributed by atoms with van der Waals surface area (Å²) < 4.78 is 10.9. The summed E-state index contributed by atoms with van der Waals surface area (Å²) in [7, 11) is 0. The molecular formula is C27H23ClN2O3S. The molecule has 1 amide bonds. The molecule has 172 valence electrons. The number of benzene rings is 3. The van der Waals surface area contributed by atoms with E-state index in [-0.39, 0.29) is 12.7 Å². The van der Waals surface area contributed by atoms with Gasteiger partial charge in [-0.3, -0.25) is 9.69 Å². The van der Waals surface area contributed by atoms with Crippen LogP contribution in [0.1, 0.15) is 27.8 Å². The maximum atomic E-state index is 13.7. The van der Waals surface area contributed by atoms with Gasteiger partial charge in [0, 0.05) is 6.07 Å². The SMILES string of the molecule is Cc1cc(C)cc(N=C2S/C(=C\c3cc4c(cc3Cl)OCO4)C(=O)N2c2cc(C)cc(C)c2)c1.